The van der Waals surface area contributed by atoms with Gasteiger partial charge in [0.15, 0.2) is 5.82 Å². The molecule has 3 aliphatic rings. The van der Waals surface area contributed by atoms with Crippen LogP contribution in [0.1, 0.15) is 46.8 Å². The fourth-order valence-electron chi connectivity index (χ4n) is 10.2. The first-order valence-corrected chi connectivity index (χ1v) is 22.0. The van der Waals surface area contributed by atoms with Crippen molar-refractivity contribution in [3.63, 3.8) is 0 Å². The summed E-state index contributed by atoms with van der Waals surface area (Å²) in [5, 5.41) is 5.84. The van der Waals surface area contributed by atoms with Crippen molar-refractivity contribution in [2.45, 2.75) is 18.3 Å². The Morgan fingerprint density at radius 3 is 2.16 bits per heavy atom. The Labute approximate surface area is 369 Å². The van der Waals surface area contributed by atoms with E-state index in [1.807, 2.05) is 30.3 Å². The molecule has 302 valence electrons. The summed E-state index contributed by atoms with van der Waals surface area (Å²) in [6.45, 7) is 0. The molecule has 3 aliphatic carbocycles. The average molecular weight is 822 g/mol. The summed E-state index contributed by atoms with van der Waals surface area (Å²) in [7, 11) is 0. The van der Waals surface area contributed by atoms with E-state index in [9.17, 15) is 0 Å². The van der Waals surface area contributed by atoms with E-state index >= 15 is 0 Å². The summed E-state index contributed by atoms with van der Waals surface area (Å²) >= 11 is 0. The third-order valence-corrected chi connectivity index (χ3v) is 13.3. The average Bonchev–Trinajstić information content (AvgIpc) is 3.94. The largest absolute Gasteiger partial charge is 0.456 e. The molecule has 13 rings (SSSR count). The summed E-state index contributed by atoms with van der Waals surface area (Å²) < 4.78 is 12.8. The van der Waals surface area contributed by atoms with Crippen LogP contribution in [0, 0.1) is 5.92 Å². The van der Waals surface area contributed by atoms with Gasteiger partial charge in [-0.1, -0.05) is 176 Å². The van der Waals surface area contributed by atoms with Gasteiger partial charge in [0, 0.05) is 39.1 Å². The molecule has 0 N–H and O–H groups in total. The van der Waals surface area contributed by atoms with Gasteiger partial charge >= 0.3 is 0 Å². The van der Waals surface area contributed by atoms with E-state index < -0.39 is 0 Å². The molecule has 3 unspecified atom stereocenters. The number of nitrogens with zero attached hydrogens (tertiary/aromatic N) is 3. The molecular weight excluding hydrogens is 783 g/mol. The molecule has 0 radical (unpaired) electrons. The minimum Gasteiger partial charge on any atom is -0.456 e. The fourth-order valence-corrected chi connectivity index (χ4v) is 10.2. The molecule has 3 aromatic heterocycles. The van der Waals surface area contributed by atoms with Gasteiger partial charge in [0.05, 0.1) is 5.92 Å². The van der Waals surface area contributed by atoms with E-state index in [-0.39, 0.29) is 17.8 Å². The van der Waals surface area contributed by atoms with Gasteiger partial charge in [-0.3, -0.25) is 0 Å². The summed E-state index contributed by atoms with van der Waals surface area (Å²) in [6, 6.07) is 55.5. The third-order valence-electron chi connectivity index (χ3n) is 13.3. The highest BCUT2D eigenvalue weighted by atomic mass is 16.3. The number of hydrogen-bond acceptors (Lipinski definition) is 5. The summed E-state index contributed by atoms with van der Waals surface area (Å²) in [6.07, 6.45) is 18.6. The Morgan fingerprint density at radius 2 is 1.23 bits per heavy atom. The van der Waals surface area contributed by atoms with Crippen molar-refractivity contribution < 1.29 is 8.83 Å². The maximum Gasteiger partial charge on any atom is 0.163 e. The molecule has 3 heterocycles. The van der Waals surface area contributed by atoms with Crippen LogP contribution in [0.5, 0.6) is 0 Å². The Morgan fingerprint density at radius 1 is 0.500 bits per heavy atom. The van der Waals surface area contributed by atoms with E-state index in [2.05, 4.69) is 176 Å². The lowest BCUT2D eigenvalue weighted by Gasteiger charge is -2.29. The Balaban J connectivity index is 0.824. The van der Waals surface area contributed by atoms with Crippen LogP contribution in [0.4, 0.5) is 0 Å². The lowest BCUT2D eigenvalue weighted by atomic mass is 9.77. The van der Waals surface area contributed by atoms with Crippen molar-refractivity contribution >= 4 is 55.3 Å². The minimum atomic E-state index is -0.0632. The van der Waals surface area contributed by atoms with Crippen LogP contribution < -0.4 is 0 Å². The highest BCUT2D eigenvalue weighted by molar-refractivity contribution is 6.14. The van der Waals surface area contributed by atoms with Crippen molar-refractivity contribution in [1.29, 1.82) is 0 Å². The van der Waals surface area contributed by atoms with E-state index in [0.29, 0.717) is 5.82 Å². The van der Waals surface area contributed by atoms with Crippen LogP contribution in [0.2, 0.25) is 0 Å². The molecule has 10 aromatic rings. The zero-order chi connectivity index (χ0) is 42.1. The molecule has 64 heavy (non-hydrogen) atoms. The lowest BCUT2D eigenvalue weighted by Crippen LogP contribution is -2.20. The topological polar surface area (TPSA) is 65.0 Å². The van der Waals surface area contributed by atoms with Gasteiger partial charge in [0.2, 0.25) is 0 Å². The SMILES string of the molecule is C1=CC(c2nc(-c3ccccc3)nc(C3CC=Cc4oc5ccccc5c43)n2)C2C=CC(c3ccc(-c4cccc5oc6ccc(-c7cccc8ccccc78)cc6c45)cc3)=CC2=C1. The first-order valence-electron chi connectivity index (χ1n) is 22.0. The maximum atomic E-state index is 6.45. The molecule has 0 saturated carbocycles. The van der Waals surface area contributed by atoms with Gasteiger partial charge in [-0.2, -0.15) is 0 Å². The summed E-state index contributed by atoms with van der Waals surface area (Å²) in [5.41, 5.74) is 13.0. The molecule has 0 aliphatic heterocycles. The highest BCUT2D eigenvalue weighted by Crippen LogP contribution is 2.44. The zero-order valence-electron chi connectivity index (χ0n) is 34.7. The lowest BCUT2D eigenvalue weighted by molar-refractivity contribution is 0.581. The molecule has 5 nitrogen and oxygen atoms in total. The molecule has 0 spiro atoms. The Kier molecular flexibility index (Phi) is 8.41. The van der Waals surface area contributed by atoms with Crippen LogP contribution in [0.3, 0.4) is 0 Å². The van der Waals surface area contributed by atoms with E-state index in [1.54, 1.807) is 0 Å². The second-order valence-corrected chi connectivity index (χ2v) is 17.0. The molecule has 5 heteroatoms. The summed E-state index contributed by atoms with van der Waals surface area (Å²) in [5.74, 6) is 3.07. The number of allylic oxidation sites excluding steroid dienone is 9. The number of benzene rings is 7. The first kappa shape index (κ1) is 36.5. The molecule has 7 aromatic carbocycles. The Hall–Kier alpha value is -8.15. The van der Waals surface area contributed by atoms with Gasteiger partial charge < -0.3 is 8.83 Å². The predicted molar refractivity (Wildman–Crippen MR) is 260 cm³/mol. The van der Waals surface area contributed by atoms with Crippen molar-refractivity contribution in [2.75, 3.05) is 0 Å². The second-order valence-electron chi connectivity index (χ2n) is 17.0. The highest BCUT2D eigenvalue weighted by Gasteiger charge is 2.32. The van der Waals surface area contributed by atoms with Crippen molar-refractivity contribution in [3.05, 3.63) is 234 Å². The van der Waals surface area contributed by atoms with Gasteiger partial charge in [-0.25, -0.2) is 15.0 Å². The normalized spacial score (nSPS) is 17.8. The van der Waals surface area contributed by atoms with E-state index in [1.165, 1.54) is 33.0 Å². The van der Waals surface area contributed by atoms with E-state index in [0.717, 1.165) is 84.6 Å². The number of hydrogen-bond donors (Lipinski definition) is 0. The number of rotatable bonds is 6. The van der Waals surface area contributed by atoms with Crippen LogP contribution in [0.25, 0.3) is 89.0 Å². The van der Waals surface area contributed by atoms with Gasteiger partial charge in [-0.05, 0) is 86.5 Å². The van der Waals surface area contributed by atoms with Crippen LogP contribution >= 0.6 is 0 Å². The fraction of sp³-hybridized carbons (Fsp3) is 0.0678. The van der Waals surface area contributed by atoms with Crippen LogP contribution in [0.15, 0.2) is 215 Å². The maximum absolute atomic E-state index is 6.45. The van der Waals surface area contributed by atoms with Gasteiger partial charge in [-0.15, -0.1) is 0 Å². The number of fused-ring (bicyclic) bond motifs is 8. The Bertz CT molecular complexity index is 3650. The van der Waals surface area contributed by atoms with Crippen molar-refractivity contribution in [3.8, 4) is 33.6 Å². The van der Waals surface area contributed by atoms with Gasteiger partial charge in [0.25, 0.3) is 0 Å². The smallest absolute Gasteiger partial charge is 0.163 e. The molecule has 0 fully saturated rings. The number of furan rings is 2. The standard InChI is InChI=1S/C59H39N3O2/c1-2-13-39(14-3-1)57-60-58(62-59(61-57)49-22-11-25-54-56(49)48-18-6-7-23-51(48)63-54)47-21-9-16-41-34-40(30-32-45(41)47)36-26-28-38(29-27-36)46-20-10-24-53-55(46)50-35-42(31-33-52(50)64-53)44-19-8-15-37-12-4-5-17-43(37)44/h1-21,23-35,45,47,49H,22H2. The van der Waals surface area contributed by atoms with Crippen molar-refractivity contribution in [1.82, 2.24) is 15.0 Å². The van der Waals surface area contributed by atoms with Gasteiger partial charge in [0.1, 0.15) is 34.2 Å². The first-order chi connectivity index (χ1) is 31.7. The second kappa shape index (κ2) is 14.7. The number of aromatic nitrogens is 3. The molecule has 0 amide bonds. The van der Waals surface area contributed by atoms with E-state index in [4.69, 9.17) is 23.8 Å². The molecule has 0 bridgehead atoms. The number of para-hydroxylation sites is 1. The van der Waals surface area contributed by atoms with Crippen molar-refractivity contribution in [2.24, 2.45) is 5.92 Å². The minimum absolute atomic E-state index is 0.0569. The molecule has 0 saturated heterocycles. The quantitative estimate of drug-likeness (QED) is 0.167. The molecule has 3 atom stereocenters. The monoisotopic (exact) mass is 821 g/mol. The summed E-state index contributed by atoms with van der Waals surface area (Å²) in [4.78, 5) is 15.7. The molecular formula is C59H39N3O2. The zero-order valence-corrected chi connectivity index (χ0v) is 34.7. The van der Waals surface area contributed by atoms with Crippen LogP contribution in [-0.4, -0.2) is 15.0 Å². The third kappa shape index (κ3) is 6.04. The predicted octanol–water partition coefficient (Wildman–Crippen LogP) is 15.1. The van der Waals surface area contributed by atoms with Crippen LogP contribution in [-0.2, 0) is 0 Å².